The molecule has 0 fully saturated rings. The summed E-state index contributed by atoms with van der Waals surface area (Å²) in [7, 11) is 1.72. The Morgan fingerprint density at radius 3 is 2.67 bits per heavy atom. The maximum atomic E-state index is 12.9. The van der Waals surface area contributed by atoms with Crippen molar-refractivity contribution in [3.8, 4) is 5.69 Å². The maximum absolute atomic E-state index is 12.9. The number of carboxylic acid groups (broad SMARTS) is 1. The number of methoxy groups -OCH3 is 1. The van der Waals surface area contributed by atoms with Gasteiger partial charge in [0, 0.05) is 13.7 Å². The smallest absolute Gasteiger partial charge is 0.438 e. The molecule has 0 aliphatic rings. The molecule has 1 heterocycles. The zero-order chi connectivity index (χ0) is 17.9. The lowest BCUT2D eigenvalue weighted by Gasteiger charge is -1.98. The van der Waals surface area contributed by atoms with Crippen molar-refractivity contribution in [3.63, 3.8) is 0 Å². The molecule has 0 atom stereocenters. The van der Waals surface area contributed by atoms with Crippen LogP contribution in [0.1, 0.15) is 13.3 Å². The first kappa shape index (κ1) is 19.5. The number of halogens is 1. The molecule has 9 nitrogen and oxygen atoms in total. The highest BCUT2D eigenvalue weighted by Gasteiger charge is 2.13. The highest BCUT2D eigenvalue weighted by molar-refractivity contribution is 5.66. The highest BCUT2D eigenvalue weighted by atomic mass is 19.1. The molecule has 1 aromatic carbocycles. The zero-order valence-electron chi connectivity index (χ0n) is 13.5. The fourth-order valence-corrected chi connectivity index (χ4v) is 1.61. The van der Waals surface area contributed by atoms with E-state index in [2.05, 4.69) is 22.7 Å². The van der Waals surface area contributed by atoms with Crippen LogP contribution < -0.4 is 11.0 Å². The summed E-state index contributed by atoms with van der Waals surface area (Å²) in [5.41, 5.74) is -0.865. The van der Waals surface area contributed by atoms with Gasteiger partial charge in [0.1, 0.15) is 5.82 Å². The summed E-state index contributed by atoms with van der Waals surface area (Å²) < 4.78 is 18.5. The van der Waals surface area contributed by atoms with Crippen LogP contribution in [0.15, 0.2) is 29.1 Å². The first-order valence-corrected chi connectivity index (χ1v) is 7.25. The van der Waals surface area contributed by atoms with Crippen molar-refractivity contribution in [2.45, 2.75) is 13.3 Å². The molecular formula is C14H20FN5O4. The average Bonchev–Trinajstić information content (AvgIpc) is 2.94. The van der Waals surface area contributed by atoms with Gasteiger partial charge in [-0.25, -0.2) is 14.0 Å². The van der Waals surface area contributed by atoms with E-state index < -0.39 is 17.6 Å². The fraction of sp³-hybridized carbons (Fsp3) is 0.429. The topological polar surface area (TPSA) is 111 Å². The summed E-state index contributed by atoms with van der Waals surface area (Å²) in [4.78, 5) is 21.9. The van der Waals surface area contributed by atoms with Crippen molar-refractivity contribution >= 4 is 6.09 Å². The van der Waals surface area contributed by atoms with Gasteiger partial charge >= 0.3 is 11.8 Å². The van der Waals surface area contributed by atoms with Crippen LogP contribution in [0.25, 0.3) is 5.69 Å². The van der Waals surface area contributed by atoms with Crippen molar-refractivity contribution in [2.75, 3.05) is 26.8 Å². The highest BCUT2D eigenvalue weighted by Crippen LogP contribution is 2.05. The molecular weight excluding hydrogens is 321 g/mol. The van der Waals surface area contributed by atoms with Gasteiger partial charge < -0.3 is 15.2 Å². The number of rotatable bonds is 6. The van der Waals surface area contributed by atoms with Gasteiger partial charge in [-0.3, -0.25) is 0 Å². The van der Waals surface area contributed by atoms with Gasteiger partial charge in [-0.15, -0.1) is 0 Å². The van der Waals surface area contributed by atoms with Crippen LogP contribution in [0.5, 0.6) is 0 Å². The van der Waals surface area contributed by atoms with Gasteiger partial charge in [0.2, 0.25) is 0 Å². The Labute approximate surface area is 137 Å². The predicted molar refractivity (Wildman–Crippen MR) is 84.0 cm³/mol. The van der Waals surface area contributed by atoms with E-state index in [0.29, 0.717) is 4.68 Å². The summed E-state index contributed by atoms with van der Waals surface area (Å²) in [6.07, 6.45) is -0.350. The minimum absolute atomic E-state index is 0.109. The summed E-state index contributed by atoms with van der Waals surface area (Å²) in [6.45, 7) is 5.05. The number of ether oxygens (including phenoxy) is 1. The molecule has 0 aliphatic carbocycles. The van der Waals surface area contributed by atoms with E-state index in [0.717, 1.165) is 25.8 Å². The van der Waals surface area contributed by atoms with E-state index in [9.17, 15) is 14.0 Å². The van der Waals surface area contributed by atoms with Crippen molar-refractivity contribution in [1.29, 1.82) is 0 Å². The number of carbonyl (C=O) groups is 1. The van der Waals surface area contributed by atoms with E-state index in [4.69, 9.17) is 9.84 Å². The van der Waals surface area contributed by atoms with Crippen molar-refractivity contribution in [2.24, 2.45) is 0 Å². The van der Waals surface area contributed by atoms with Crippen molar-refractivity contribution in [3.05, 3.63) is 40.6 Å². The molecule has 0 amide bonds. The third-order valence-electron chi connectivity index (χ3n) is 2.72. The van der Waals surface area contributed by atoms with Crippen LogP contribution >= 0.6 is 0 Å². The van der Waals surface area contributed by atoms with E-state index in [1.54, 1.807) is 7.11 Å². The number of hydrogen-bond acceptors (Lipinski definition) is 6. The van der Waals surface area contributed by atoms with Crippen LogP contribution in [0.4, 0.5) is 9.18 Å². The quantitative estimate of drug-likeness (QED) is 0.588. The van der Waals surface area contributed by atoms with Crippen molar-refractivity contribution < 1.29 is 19.0 Å². The second kappa shape index (κ2) is 10.2. The lowest BCUT2D eigenvalue weighted by molar-refractivity contribution is 0.191. The Morgan fingerprint density at radius 2 is 2.12 bits per heavy atom. The second-order valence-corrected chi connectivity index (χ2v) is 4.59. The molecule has 2 N–H and O–H groups in total. The van der Waals surface area contributed by atoms with Crippen molar-refractivity contribution in [1.82, 2.24) is 25.1 Å². The third kappa shape index (κ3) is 5.89. The molecule has 2 rings (SSSR count). The lowest BCUT2D eigenvalue weighted by atomic mass is 10.3. The zero-order valence-corrected chi connectivity index (χ0v) is 13.5. The molecule has 0 spiro atoms. The Balaban J connectivity index is 0.000000307. The second-order valence-electron chi connectivity index (χ2n) is 4.59. The summed E-state index contributed by atoms with van der Waals surface area (Å²) in [5.74, 6) is -0.561. The summed E-state index contributed by atoms with van der Waals surface area (Å²) >= 11 is 0. The number of hydrogen-bond donors (Lipinski definition) is 2. The molecule has 132 valence electrons. The van der Waals surface area contributed by atoms with Gasteiger partial charge in [-0.05, 0) is 41.6 Å². The fourth-order valence-electron chi connectivity index (χ4n) is 1.61. The number of tetrazole rings is 1. The summed E-state index contributed by atoms with van der Waals surface area (Å²) in [6, 6.07) is 5.01. The van der Waals surface area contributed by atoms with Crippen LogP contribution in [-0.4, -0.2) is 57.8 Å². The molecule has 0 saturated heterocycles. The standard InChI is InChI=1S/C8H5FN4O3.C6H15NO/c9-5-2-1-3-6(4-5)12-7(14)13(8(15)16)11-10-12;1-3-4-7-5-6-8-2/h1-4H,(H,15,16);7H,3-6H2,1-2H3. The molecule has 2 aromatic rings. The van der Waals surface area contributed by atoms with Crippen LogP contribution in [0.3, 0.4) is 0 Å². The number of benzene rings is 1. The lowest BCUT2D eigenvalue weighted by Crippen LogP contribution is -2.28. The average molecular weight is 341 g/mol. The number of aromatic nitrogens is 4. The predicted octanol–water partition coefficient (Wildman–Crippen LogP) is 0.727. The largest absolute Gasteiger partial charge is 0.463 e. The number of nitrogens with one attached hydrogen (secondary N) is 1. The minimum atomic E-state index is -1.55. The van der Waals surface area contributed by atoms with E-state index in [1.807, 2.05) is 0 Å². The Hall–Kier alpha value is -2.59. The molecule has 0 radical (unpaired) electrons. The van der Waals surface area contributed by atoms with Crippen LogP contribution in [-0.2, 0) is 4.74 Å². The van der Waals surface area contributed by atoms with Gasteiger partial charge in [-0.2, -0.15) is 4.68 Å². The summed E-state index contributed by atoms with van der Waals surface area (Å²) in [5, 5.41) is 18.2. The Bertz CT molecular complexity index is 694. The van der Waals surface area contributed by atoms with Gasteiger partial charge in [-0.1, -0.05) is 17.7 Å². The van der Waals surface area contributed by atoms with Gasteiger partial charge in [0.15, 0.2) is 0 Å². The first-order valence-electron chi connectivity index (χ1n) is 7.25. The molecule has 0 unspecified atom stereocenters. The molecule has 24 heavy (non-hydrogen) atoms. The number of nitrogens with zero attached hydrogens (tertiary/aromatic N) is 4. The van der Waals surface area contributed by atoms with Crippen LogP contribution in [0.2, 0.25) is 0 Å². The normalized spacial score (nSPS) is 10.1. The van der Waals surface area contributed by atoms with Crippen LogP contribution in [0, 0.1) is 5.82 Å². The maximum Gasteiger partial charge on any atom is 0.438 e. The minimum Gasteiger partial charge on any atom is -0.463 e. The molecule has 0 saturated carbocycles. The van der Waals surface area contributed by atoms with Gasteiger partial charge in [0.05, 0.1) is 12.3 Å². The molecule has 1 aromatic heterocycles. The monoisotopic (exact) mass is 341 g/mol. The molecule has 0 aliphatic heterocycles. The molecule has 10 heteroatoms. The van der Waals surface area contributed by atoms with Gasteiger partial charge in [0.25, 0.3) is 0 Å². The Kier molecular flexibility index (Phi) is 8.30. The van der Waals surface area contributed by atoms with E-state index >= 15 is 0 Å². The van der Waals surface area contributed by atoms with E-state index in [-0.39, 0.29) is 10.4 Å². The SMILES string of the molecule is CCCNCCOC.O=C(O)n1nnn(-c2cccc(F)c2)c1=O. The van der Waals surface area contributed by atoms with E-state index in [1.165, 1.54) is 24.6 Å². The third-order valence-corrected chi connectivity index (χ3v) is 2.72. The molecule has 0 bridgehead atoms. The Morgan fingerprint density at radius 1 is 1.38 bits per heavy atom. The first-order chi connectivity index (χ1) is 11.5.